The number of fused-ring (bicyclic) bond motifs is 2. The minimum absolute atomic E-state index is 0.0908. The van der Waals surface area contributed by atoms with Gasteiger partial charge < -0.3 is 10.2 Å². The Kier molecular flexibility index (Phi) is 5.49. The summed E-state index contributed by atoms with van der Waals surface area (Å²) in [6.07, 6.45) is 2.80. The number of anilines is 1. The van der Waals surface area contributed by atoms with Gasteiger partial charge in [-0.2, -0.15) is 12.8 Å². The largest absolute Gasteiger partial charge is 0.312 e. The number of rotatable bonds is 4. The van der Waals surface area contributed by atoms with Crippen LogP contribution in [0.25, 0.3) is 10.8 Å². The fraction of sp³-hybridized carbons (Fsp3) is 0.250. The molecule has 3 aromatic carbocycles. The van der Waals surface area contributed by atoms with Gasteiger partial charge in [-0.15, -0.1) is 0 Å². The van der Waals surface area contributed by atoms with Gasteiger partial charge in [-0.1, -0.05) is 29.8 Å². The number of halogens is 1. The molecular formula is C24H22ClN3O3S. The Morgan fingerprint density at radius 2 is 1.84 bits per heavy atom. The van der Waals surface area contributed by atoms with Gasteiger partial charge in [0, 0.05) is 30.0 Å². The van der Waals surface area contributed by atoms with Gasteiger partial charge in [0.1, 0.15) is 0 Å². The monoisotopic (exact) mass is 467 g/mol. The normalized spacial score (nSPS) is 19.1. The summed E-state index contributed by atoms with van der Waals surface area (Å²) in [6.45, 7) is 2.30. The number of nitrogens with one attached hydrogen (secondary N) is 1. The summed E-state index contributed by atoms with van der Waals surface area (Å²) >= 11 is 5.99. The van der Waals surface area contributed by atoms with Crippen molar-refractivity contribution in [1.82, 2.24) is 5.32 Å². The maximum absolute atomic E-state index is 12.9. The molecular weight excluding hydrogens is 446 g/mol. The van der Waals surface area contributed by atoms with Gasteiger partial charge in [0.05, 0.1) is 10.8 Å². The molecule has 1 unspecified atom stereocenters. The number of nitrogens with zero attached hydrogens (tertiary/aromatic N) is 2. The molecule has 32 heavy (non-hydrogen) atoms. The molecule has 2 heterocycles. The van der Waals surface area contributed by atoms with Crippen molar-refractivity contribution < 1.29 is 13.2 Å². The summed E-state index contributed by atoms with van der Waals surface area (Å²) in [5.74, 6) is -0.681. The topological polar surface area (TPSA) is 78.8 Å². The summed E-state index contributed by atoms with van der Waals surface area (Å²) < 4.78 is 29.4. The molecule has 3 aromatic rings. The fourth-order valence-corrected chi connectivity index (χ4v) is 5.43. The molecule has 0 bridgehead atoms. The van der Waals surface area contributed by atoms with E-state index in [2.05, 4.69) is 21.8 Å². The Morgan fingerprint density at radius 3 is 2.72 bits per heavy atom. The molecule has 0 spiro atoms. The number of carbonyl (C=O) groups excluding carboxylic acids is 1. The van der Waals surface area contributed by atoms with E-state index >= 15 is 0 Å². The molecule has 1 N–H and O–H groups in total. The van der Waals surface area contributed by atoms with Crippen molar-refractivity contribution in [2.24, 2.45) is 10.3 Å². The van der Waals surface area contributed by atoms with Crippen molar-refractivity contribution in [3.05, 3.63) is 70.7 Å². The SMILES string of the molecule is O=C1C(C=NS(=O)(=O)c2ccc3cc(Cl)ccc3c2)CCN1c1ccc2c(c1)CNCC2. The van der Waals surface area contributed by atoms with Crippen LogP contribution in [0.3, 0.4) is 0 Å². The third-order valence-electron chi connectivity index (χ3n) is 6.09. The van der Waals surface area contributed by atoms with Crippen molar-refractivity contribution in [2.75, 3.05) is 18.0 Å². The van der Waals surface area contributed by atoms with Crippen LogP contribution in [0, 0.1) is 5.92 Å². The predicted octanol–water partition coefficient (Wildman–Crippen LogP) is 3.95. The van der Waals surface area contributed by atoms with Gasteiger partial charge in [-0.3, -0.25) is 4.79 Å². The molecule has 5 rings (SSSR count). The first kappa shape index (κ1) is 21.1. The van der Waals surface area contributed by atoms with E-state index in [-0.39, 0.29) is 10.8 Å². The highest BCUT2D eigenvalue weighted by Gasteiger charge is 2.32. The third-order valence-corrected chi connectivity index (χ3v) is 7.57. The van der Waals surface area contributed by atoms with Gasteiger partial charge in [-0.05, 0) is 77.7 Å². The van der Waals surface area contributed by atoms with Crippen molar-refractivity contribution >= 4 is 50.2 Å². The van der Waals surface area contributed by atoms with E-state index in [1.807, 2.05) is 6.07 Å². The number of carbonyl (C=O) groups is 1. The number of hydrogen-bond donors (Lipinski definition) is 1. The average molecular weight is 468 g/mol. The second-order valence-corrected chi connectivity index (χ2v) is 10.2. The third kappa shape index (κ3) is 4.03. The highest BCUT2D eigenvalue weighted by molar-refractivity contribution is 7.90. The number of amides is 1. The summed E-state index contributed by atoms with van der Waals surface area (Å²) in [5, 5.41) is 5.54. The zero-order valence-corrected chi connectivity index (χ0v) is 18.9. The second kappa shape index (κ2) is 8.31. The molecule has 164 valence electrons. The standard InChI is InChI=1S/C24H22ClN3O3S/c25-21-4-1-18-13-23(6-3-17(18)11-21)32(30,31)27-15-19-8-10-28(24(19)29)22-5-2-16-7-9-26-14-20(16)12-22/h1-6,11-13,15,19,26H,7-10,14H2. The molecule has 1 amide bonds. The maximum Gasteiger partial charge on any atom is 0.282 e. The average Bonchev–Trinajstić information content (AvgIpc) is 3.17. The number of benzene rings is 3. The second-order valence-electron chi connectivity index (χ2n) is 8.15. The zero-order chi connectivity index (χ0) is 22.3. The lowest BCUT2D eigenvalue weighted by Gasteiger charge is -2.22. The smallest absolute Gasteiger partial charge is 0.282 e. The molecule has 0 aromatic heterocycles. The molecule has 6 nitrogen and oxygen atoms in total. The number of hydrogen-bond acceptors (Lipinski definition) is 4. The van der Waals surface area contributed by atoms with Crippen molar-refractivity contribution in [3.8, 4) is 0 Å². The molecule has 1 fully saturated rings. The van der Waals surface area contributed by atoms with Crippen molar-refractivity contribution in [1.29, 1.82) is 0 Å². The predicted molar refractivity (Wildman–Crippen MR) is 127 cm³/mol. The van der Waals surface area contributed by atoms with Crippen LogP contribution in [-0.4, -0.2) is 33.6 Å². The molecule has 0 saturated carbocycles. The highest BCUT2D eigenvalue weighted by Crippen LogP contribution is 2.28. The highest BCUT2D eigenvalue weighted by atomic mass is 35.5. The molecule has 8 heteroatoms. The van der Waals surface area contributed by atoms with E-state index in [4.69, 9.17) is 11.6 Å². The van der Waals surface area contributed by atoms with Gasteiger partial charge in [0.2, 0.25) is 5.91 Å². The van der Waals surface area contributed by atoms with Crippen LogP contribution in [0.5, 0.6) is 0 Å². The van der Waals surface area contributed by atoms with Crippen LogP contribution < -0.4 is 10.2 Å². The van der Waals surface area contributed by atoms with E-state index in [1.165, 1.54) is 23.4 Å². The van der Waals surface area contributed by atoms with Crippen molar-refractivity contribution in [2.45, 2.75) is 24.3 Å². The summed E-state index contributed by atoms with van der Waals surface area (Å²) in [5.41, 5.74) is 3.37. The Morgan fingerprint density at radius 1 is 1.03 bits per heavy atom. The van der Waals surface area contributed by atoms with Gasteiger partial charge in [0.25, 0.3) is 10.0 Å². The summed E-state index contributed by atoms with van der Waals surface area (Å²) in [4.78, 5) is 14.8. The van der Waals surface area contributed by atoms with Crippen LogP contribution in [0.4, 0.5) is 5.69 Å². The van der Waals surface area contributed by atoms with Crippen LogP contribution >= 0.6 is 11.6 Å². The molecule has 2 aliphatic rings. The summed E-state index contributed by atoms with van der Waals surface area (Å²) in [6, 6.07) is 16.2. The Balaban J connectivity index is 1.34. The first-order valence-electron chi connectivity index (χ1n) is 10.5. The number of sulfonamides is 1. The van der Waals surface area contributed by atoms with Gasteiger partial charge >= 0.3 is 0 Å². The zero-order valence-electron chi connectivity index (χ0n) is 17.3. The lowest BCUT2D eigenvalue weighted by Crippen LogP contribution is -2.29. The maximum atomic E-state index is 12.9. The fourth-order valence-electron chi connectivity index (χ4n) is 4.30. The van der Waals surface area contributed by atoms with Crippen LogP contribution in [-0.2, 0) is 27.8 Å². The quantitative estimate of drug-likeness (QED) is 0.589. The summed E-state index contributed by atoms with van der Waals surface area (Å²) in [7, 11) is -3.91. The molecule has 0 aliphatic carbocycles. The first-order valence-corrected chi connectivity index (χ1v) is 12.4. The Labute approximate surface area is 192 Å². The molecule has 1 saturated heterocycles. The van der Waals surface area contributed by atoms with Crippen LogP contribution in [0.1, 0.15) is 17.5 Å². The lowest BCUT2D eigenvalue weighted by molar-refractivity contribution is -0.118. The molecule has 0 radical (unpaired) electrons. The van der Waals surface area contributed by atoms with Gasteiger partial charge in [-0.25, -0.2) is 0 Å². The minimum atomic E-state index is -3.91. The van der Waals surface area contributed by atoms with Crippen molar-refractivity contribution in [3.63, 3.8) is 0 Å². The van der Waals surface area contributed by atoms with E-state index in [1.54, 1.807) is 35.2 Å². The van der Waals surface area contributed by atoms with E-state index < -0.39 is 15.9 Å². The van der Waals surface area contributed by atoms with Gasteiger partial charge in [0.15, 0.2) is 0 Å². The van der Waals surface area contributed by atoms with Crippen LogP contribution in [0.2, 0.25) is 5.02 Å². The Bertz CT molecular complexity index is 1350. The van der Waals surface area contributed by atoms with E-state index in [0.29, 0.717) is 18.0 Å². The van der Waals surface area contributed by atoms with E-state index in [9.17, 15) is 13.2 Å². The Hall–Kier alpha value is -2.74. The lowest BCUT2D eigenvalue weighted by atomic mass is 10.0. The van der Waals surface area contributed by atoms with Crippen LogP contribution in [0.15, 0.2) is 63.9 Å². The van der Waals surface area contributed by atoms with E-state index in [0.717, 1.165) is 36.0 Å². The molecule has 1 atom stereocenters. The first-order chi connectivity index (χ1) is 15.4. The molecule has 2 aliphatic heterocycles. The minimum Gasteiger partial charge on any atom is -0.312 e.